The number of rotatable bonds is 4. The number of carbonyl (C=O) groups is 1. The van der Waals surface area contributed by atoms with Crippen LogP contribution in [0.3, 0.4) is 0 Å². The number of aromatic nitrogens is 2. The van der Waals surface area contributed by atoms with E-state index in [1.807, 2.05) is 11.8 Å². The van der Waals surface area contributed by atoms with E-state index in [0.717, 1.165) is 42.4 Å². The number of anilines is 2. The lowest BCUT2D eigenvalue weighted by atomic mass is 10.1. The fourth-order valence-corrected chi connectivity index (χ4v) is 3.98. The van der Waals surface area contributed by atoms with Gasteiger partial charge in [0, 0.05) is 37.7 Å². The molecule has 2 aliphatic rings. The number of benzene rings is 1. The SMILES string of the molecule is COc1ccc(NC(=O)N2CCc3nc(C)nc(N4CCCC4)c3C2)c(OC)c1. The minimum absolute atomic E-state index is 0.160. The molecule has 0 radical (unpaired) electrons. The summed E-state index contributed by atoms with van der Waals surface area (Å²) in [6.45, 7) is 5.09. The average molecular weight is 397 g/mol. The molecule has 2 aliphatic heterocycles. The van der Waals surface area contributed by atoms with E-state index in [9.17, 15) is 4.79 Å². The molecule has 4 rings (SSSR count). The Balaban J connectivity index is 1.54. The molecule has 0 saturated carbocycles. The van der Waals surface area contributed by atoms with Crippen molar-refractivity contribution in [3.05, 3.63) is 35.3 Å². The van der Waals surface area contributed by atoms with Gasteiger partial charge in [0.15, 0.2) is 0 Å². The van der Waals surface area contributed by atoms with Gasteiger partial charge in [-0.15, -0.1) is 0 Å². The molecule has 0 atom stereocenters. The lowest BCUT2D eigenvalue weighted by Gasteiger charge is -2.31. The maximum absolute atomic E-state index is 13.0. The van der Waals surface area contributed by atoms with Gasteiger partial charge in [0.25, 0.3) is 0 Å². The maximum atomic E-state index is 13.0. The molecular formula is C21H27N5O3. The highest BCUT2D eigenvalue weighted by Gasteiger charge is 2.28. The molecule has 29 heavy (non-hydrogen) atoms. The Hall–Kier alpha value is -3.03. The van der Waals surface area contributed by atoms with Crippen LogP contribution in [0.2, 0.25) is 0 Å². The number of methoxy groups -OCH3 is 2. The first-order valence-electron chi connectivity index (χ1n) is 9.98. The van der Waals surface area contributed by atoms with Gasteiger partial charge in [-0.2, -0.15) is 0 Å². The molecule has 3 heterocycles. The molecule has 0 aliphatic carbocycles. The van der Waals surface area contributed by atoms with Crippen LogP contribution in [0.25, 0.3) is 0 Å². The molecular weight excluding hydrogens is 370 g/mol. The van der Waals surface area contributed by atoms with Gasteiger partial charge in [0.05, 0.1) is 32.1 Å². The second kappa shape index (κ2) is 8.14. The number of fused-ring (bicyclic) bond motifs is 1. The lowest BCUT2D eigenvalue weighted by molar-refractivity contribution is 0.205. The Bertz CT molecular complexity index is 911. The normalized spacial score (nSPS) is 15.8. The standard InChI is InChI=1S/C21H27N5O3/c1-14-22-17-8-11-26(13-16(17)20(23-14)25-9-4-5-10-25)21(27)24-18-7-6-15(28-2)12-19(18)29-3/h6-7,12H,4-5,8-11,13H2,1-3H3,(H,24,27). The van der Waals surface area contributed by atoms with Gasteiger partial charge in [-0.3, -0.25) is 0 Å². The van der Waals surface area contributed by atoms with Crippen molar-refractivity contribution < 1.29 is 14.3 Å². The van der Waals surface area contributed by atoms with Crippen molar-refractivity contribution in [2.45, 2.75) is 32.7 Å². The van der Waals surface area contributed by atoms with Gasteiger partial charge in [-0.25, -0.2) is 14.8 Å². The van der Waals surface area contributed by atoms with Crippen molar-refractivity contribution >= 4 is 17.5 Å². The third-order valence-electron chi connectivity index (χ3n) is 5.49. The van der Waals surface area contributed by atoms with E-state index in [1.54, 1.807) is 32.4 Å². The zero-order valence-corrected chi connectivity index (χ0v) is 17.2. The Labute approximate surface area is 170 Å². The van der Waals surface area contributed by atoms with Crippen LogP contribution in [-0.2, 0) is 13.0 Å². The molecule has 1 aromatic carbocycles. The maximum Gasteiger partial charge on any atom is 0.322 e. The summed E-state index contributed by atoms with van der Waals surface area (Å²) < 4.78 is 10.6. The third-order valence-corrected chi connectivity index (χ3v) is 5.49. The minimum Gasteiger partial charge on any atom is -0.497 e. The predicted octanol–water partition coefficient (Wildman–Crippen LogP) is 2.99. The Morgan fingerprint density at radius 3 is 2.62 bits per heavy atom. The van der Waals surface area contributed by atoms with Crippen molar-refractivity contribution in [1.29, 1.82) is 0 Å². The number of amides is 2. The summed E-state index contributed by atoms with van der Waals surface area (Å²) in [5, 5.41) is 2.97. The zero-order chi connectivity index (χ0) is 20.4. The number of urea groups is 1. The van der Waals surface area contributed by atoms with Gasteiger partial charge >= 0.3 is 6.03 Å². The van der Waals surface area contributed by atoms with Crippen molar-refractivity contribution in [2.75, 3.05) is 44.1 Å². The Morgan fingerprint density at radius 1 is 1.10 bits per heavy atom. The van der Waals surface area contributed by atoms with Crippen molar-refractivity contribution in [1.82, 2.24) is 14.9 Å². The van der Waals surface area contributed by atoms with Gasteiger partial charge in [0.1, 0.15) is 23.1 Å². The summed E-state index contributed by atoms with van der Waals surface area (Å²) in [4.78, 5) is 26.5. The Morgan fingerprint density at radius 2 is 1.90 bits per heavy atom. The molecule has 2 aromatic rings. The van der Waals surface area contributed by atoms with Crippen molar-refractivity contribution in [3.8, 4) is 11.5 Å². The van der Waals surface area contributed by atoms with E-state index in [1.165, 1.54) is 12.8 Å². The van der Waals surface area contributed by atoms with Crippen molar-refractivity contribution in [2.24, 2.45) is 0 Å². The number of aryl methyl sites for hydroxylation is 1. The highest BCUT2D eigenvalue weighted by atomic mass is 16.5. The molecule has 0 unspecified atom stereocenters. The Kier molecular flexibility index (Phi) is 5.42. The molecule has 1 saturated heterocycles. The highest BCUT2D eigenvalue weighted by Crippen LogP contribution is 2.31. The van der Waals surface area contributed by atoms with Crippen LogP contribution in [0.15, 0.2) is 18.2 Å². The summed E-state index contributed by atoms with van der Waals surface area (Å²) in [6.07, 6.45) is 3.09. The minimum atomic E-state index is -0.160. The fraction of sp³-hybridized carbons (Fsp3) is 0.476. The number of nitrogens with zero attached hydrogens (tertiary/aromatic N) is 4. The third kappa shape index (κ3) is 3.92. The number of carbonyl (C=O) groups excluding carboxylic acids is 1. The van der Waals surface area contributed by atoms with E-state index in [0.29, 0.717) is 30.3 Å². The van der Waals surface area contributed by atoms with Crippen LogP contribution >= 0.6 is 0 Å². The first-order valence-corrected chi connectivity index (χ1v) is 9.98. The molecule has 1 fully saturated rings. The predicted molar refractivity (Wildman–Crippen MR) is 111 cm³/mol. The first kappa shape index (κ1) is 19.3. The van der Waals surface area contributed by atoms with Gasteiger partial charge in [-0.05, 0) is 31.9 Å². The summed E-state index contributed by atoms with van der Waals surface area (Å²) in [5.74, 6) is 3.03. The quantitative estimate of drug-likeness (QED) is 0.854. The largest absolute Gasteiger partial charge is 0.497 e. The van der Waals surface area contributed by atoms with Crippen LogP contribution in [0.5, 0.6) is 11.5 Å². The van der Waals surface area contributed by atoms with Crippen LogP contribution in [0.4, 0.5) is 16.3 Å². The van der Waals surface area contributed by atoms with Gasteiger partial charge in [-0.1, -0.05) is 0 Å². The van der Waals surface area contributed by atoms with E-state index in [2.05, 4.69) is 15.2 Å². The number of nitrogens with one attached hydrogen (secondary N) is 1. The molecule has 8 nitrogen and oxygen atoms in total. The number of hydrogen-bond donors (Lipinski definition) is 1. The molecule has 1 N–H and O–H groups in total. The van der Waals surface area contributed by atoms with Crippen LogP contribution in [-0.4, -0.2) is 54.8 Å². The van der Waals surface area contributed by atoms with Gasteiger partial charge < -0.3 is 24.6 Å². The zero-order valence-electron chi connectivity index (χ0n) is 17.2. The molecule has 0 bridgehead atoms. The summed E-state index contributed by atoms with van der Waals surface area (Å²) in [5.41, 5.74) is 2.75. The molecule has 1 aromatic heterocycles. The summed E-state index contributed by atoms with van der Waals surface area (Å²) >= 11 is 0. The van der Waals surface area contributed by atoms with E-state index in [4.69, 9.17) is 14.5 Å². The van der Waals surface area contributed by atoms with E-state index in [-0.39, 0.29) is 6.03 Å². The van der Waals surface area contributed by atoms with E-state index >= 15 is 0 Å². The van der Waals surface area contributed by atoms with Crippen molar-refractivity contribution in [3.63, 3.8) is 0 Å². The monoisotopic (exact) mass is 397 g/mol. The fourth-order valence-electron chi connectivity index (χ4n) is 3.98. The molecule has 8 heteroatoms. The average Bonchev–Trinajstić information content (AvgIpc) is 3.27. The van der Waals surface area contributed by atoms with Crippen LogP contribution in [0.1, 0.15) is 29.9 Å². The van der Waals surface area contributed by atoms with E-state index < -0.39 is 0 Å². The number of ether oxygens (including phenoxy) is 2. The summed E-state index contributed by atoms with van der Waals surface area (Å²) in [6, 6.07) is 5.18. The highest BCUT2D eigenvalue weighted by molar-refractivity contribution is 5.91. The number of hydrogen-bond acceptors (Lipinski definition) is 6. The molecule has 2 amide bonds. The lowest BCUT2D eigenvalue weighted by Crippen LogP contribution is -2.40. The molecule has 154 valence electrons. The second-order valence-corrected chi connectivity index (χ2v) is 7.38. The summed E-state index contributed by atoms with van der Waals surface area (Å²) in [7, 11) is 3.17. The topological polar surface area (TPSA) is 79.8 Å². The van der Waals surface area contributed by atoms with Gasteiger partial charge in [0.2, 0.25) is 0 Å². The smallest absolute Gasteiger partial charge is 0.322 e. The molecule has 0 spiro atoms. The second-order valence-electron chi connectivity index (χ2n) is 7.38. The first-order chi connectivity index (χ1) is 14.1. The van der Waals surface area contributed by atoms with Crippen LogP contribution < -0.4 is 19.7 Å². The van der Waals surface area contributed by atoms with Crippen LogP contribution in [0, 0.1) is 6.92 Å².